The van der Waals surface area contributed by atoms with Gasteiger partial charge in [0.2, 0.25) is 0 Å². The van der Waals surface area contributed by atoms with E-state index in [0.29, 0.717) is 137 Å². The van der Waals surface area contributed by atoms with Crippen LogP contribution < -0.4 is 32.0 Å². The zero-order valence-electron chi connectivity index (χ0n) is 54.8. The Balaban J connectivity index is 1.13. The largest absolute Gasteiger partial charge is 0.469 e. The lowest BCUT2D eigenvalue weighted by Gasteiger charge is -2.21. The van der Waals surface area contributed by atoms with Crippen molar-refractivity contribution in [3.8, 4) is 0 Å². The minimum absolute atomic E-state index is 0.0726. The van der Waals surface area contributed by atoms with Crippen molar-refractivity contribution in [2.75, 3.05) is 35.5 Å². The molecule has 4 aliphatic rings. The van der Waals surface area contributed by atoms with Gasteiger partial charge < -0.3 is 54.3 Å². The average Bonchev–Trinajstić information content (AvgIpc) is 1.65. The molecule has 21 heteroatoms. The molecule has 0 saturated heterocycles. The number of aromatic nitrogens is 4. The van der Waals surface area contributed by atoms with Crippen LogP contribution in [0.3, 0.4) is 0 Å². The van der Waals surface area contributed by atoms with Crippen molar-refractivity contribution in [2.24, 2.45) is 15.9 Å². The van der Waals surface area contributed by atoms with E-state index in [4.69, 9.17) is 23.7 Å². The number of carbonyl (C=O) groups is 8. The number of nitrogens with zero attached hydrogens (tertiary/aromatic N) is 2. The number of allylic oxidation sites excluding steroid dienone is 4. The third-order valence-electron chi connectivity index (χ3n) is 17.9. The Kier molecular flexibility index (Phi) is 21.3. The number of esters is 4. The van der Waals surface area contributed by atoms with Crippen molar-refractivity contribution in [3.05, 3.63) is 170 Å². The fourth-order valence-corrected chi connectivity index (χ4v) is 12.3. The van der Waals surface area contributed by atoms with Gasteiger partial charge in [-0.2, -0.15) is 0 Å². The number of ether oxygens (including phenoxy) is 5. The first-order valence-corrected chi connectivity index (χ1v) is 30.3. The topological polar surface area (TPSA) is 295 Å². The molecule has 21 nitrogen and oxygen atoms in total. The molecule has 4 amide bonds. The zero-order valence-corrected chi connectivity index (χ0v) is 54.8. The smallest absolute Gasteiger partial charge is 0.305 e. The molecule has 6 N–H and O–H groups in total. The number of methoxy groups -OCH3 is 5. The molecule has 0 fully saturated rings. The van der Waals surface area contributed by atoms with E-state index in [1.54, 1.807) is 39.0 Å². The summed E-state index contributed by atoms with van der Waals surface area (Å²) < 4.78 is 26.1. The van der Waals surface area contributed by atoms with E-state index >= 15 is 0 Å². The van der Waals surface area contributed by atoms with E-state index in [9.17, 15) is 38.4 Å². The highest BCUT2D eigenvalue weighted by Crippen LogP contribution is 2.34. The van der Waals surface area contributed by atoms with Gasteiger partial charge in [-0.3, -0.25) is 38.4 Å². The number of amides is 4. The van der Waals surface area contributed by atoms with Gasteiger partial charge >= 0.3 is 23.9 Å². The molecule has 0 bridgehead atoms. The lowest BCUT2D eigenvalue weighted by Crippen LogP contribution is -2.24. The number of aliphatic imine (C=N–C) groups is 2. The fourth-order valence-electron chi connectivity index (χ4n) is 12.3. The third kappa shape index (κ3) is 14.1. The van der Waals surface area contributed by atoms with Crippen LogP contribution in [0.4, 0.5) is 0 Å². The summed E-state index contributed by atoms with van der Waals surface area (Å²) in [4.78, 5) is 127. The average molecular weight is 1250 g/mol. The summed E-state index contributed by atoms with van der Waals surface area (Å²) in [6.07, 6.45) is 15.4. The Labute approximate surface area is 533 Å². The zero-order chi connectivity index (χ0) is 67.2. The first-order chi connectivity index (χ1) is 43.8. The number of hydrogen-bond acceptors (Lipinski definition) is 13. The summed E-state index contributed by atoms with van der Waals surface area (Å²) in [6, 6.07) is 0. The molecule has 0 spiro atoms. The molecule has 2 atom stereocenters. The molecular weight excluding hydrogens is 1170 g/mol. The molecule has 0 saturated carbocycles. The fraction of sp³-hybridized carbons (Fsp3) is 0.352. The highest BCUT2D eigenvalue weighted by molar-refractivity contribution is 6.32. The third-order valence-corrected chi connectivity index (χ3v) is 17.9. The molecule has 0 radical (unpaired) electrons. The van der Waals surface area contributed by atoms with Crippen molar-refractivity contribution in [1.29, 1.82) is 0 Å². The Bertz CT molecular complexity index is 4380. The van der Waals surface area contributed by atoms with Gasteiger partial charge in [-0.15, -0.1) is 0 Å². The molecular formula is C71H80N8O13. The van der Waals surface area contributed by atoms with Crippen molar-refractivity contribution in [2.45, 2.75) is 126 Å². The van der Waals surface area contributed by atoms with Crippen molar-refractivity contribution in [3.63, 3.8) is 0 Å². The number of rotatable bonds is 25. The number of aromatic amines is 4. The van der Waals surface area contributed by atoms with Gasteiger partial charge in [0.05, 0.1) is 62.9 Å². The summed E-state index contributed by atoms with van der Waals surface area (Å²) >= 11 is 0. The van der Waals surface area contributed by atoms with Crippen LogP contribution in [0.15, 0.2) is 91.3 Å². The van der Waals surface area contributed by atoms with E-state index in [0.717, 1.165) is 44.5 Å². The maximum atomic E-state index is 14.1. The van der Waals surface area contributed by atoms with Crippen molar-refractivity contribution in [1.82, 2.24) is 30.6 Å². The Morgan fingerprint density at radius 3 is 1.16 bits per heavy atom. The second-order valence-corrected chi connectivity index (χ2v) is 23.2. The van der Waals surface area contributed by atoms with Crippen LogP contribution in [0.5, 0.6) is 0 Å². The summed E-state index contributed by atoms with van der Waals surface area (Å²) in [5, 5.41) is 8.42. The molecule has 0 aromatic carbocycles. The lowest BCUT2D eigenvalue weighted by atomic mass is 9.87. The van der Waals surface area contributed by atoms with Crippen molar-refractivity contribution >= 4 is 95.4 Å². The minimum Gasteiger partial charge on any atom is -0.469 e. The molecule has 4 aliphatic heterocycles. The maximum Gasteiger partial charge on any atom is 0.305 e. The lowest BCUT2D eigenvalue weighted by molar-refractivity contribution is -0.141. The van der Waals surface area contributed by atoms with Gasteiger partial charge in [0.15, 0.2) is 0 Å². The first kappa shape index (κ1) is 67.9. The van der Waals surface area contributed by atoms with Gasteiger partial charge in [-0.05, 0) is 186 Å². The predicted molar refractivity (Wildman–Crippen MR) is 351 cm³/mol. The Morgan fingerprint density at radius 1 is 0.446 bits per heavy atom. The van der Waals surface area contributed by atoms with Gasteiger partial charge in [-0.25, -0.2) is 9.98 Å². The monoisotopic (exact) mass is 1250 g/mol. The van der Waals surface area contributed by atoms with Crippen LogP contribution in [0.2, 0.25) is 0 Å². The summed E-state index contributed by atoms with van der Waals surface area (Å²) in [7, 11) is 6.85. The number of carbonyl (C=O) groups excluding carboxylic acids is 8. The molecule has 0 unspecified atom stereocenters. The van der Waals surface area contributed by atoms with Gasteiger partial charge in [0.25, 0.3) is 23.6 Å². The van der Waals surface area contributed by atoms with Gasteiger partial charge in [-0.1, -0.05) is 32.2 Å². The summed E-state index contributed by atoms with van der Waals surface area (Å²) in [6.45, 7) is 24.5. The minimum atomic E-state index is -0.783. The second-order valence-electron chi connectivity index (χ2n) is 23.2. The number of hydrogen-bond donors (Lipinski definition) is 6. The maximum absolute atomic E-state index is 14.1. The van der Waals surface area contributed by atoms with Gasteiger partial charge in [0, 0.05) is 105 Å². The van der Waals surface area contributed by atoms with Crippen LogP contribution >= 0.6 is 0 Å². The molecule has 4 aromatic rings. The summed E-state index contributed by atoms with van der Waals surface area (Å²) in [5.41, 5.74) is 15.8. The molecule has 0 aliphatic carbocycles. The Morgan fingerprint density at radius 2 is 0.804 bits per heavy atom. The Hall–Kier alpha value is -10.0. The van der Waals surface area contributed by atoms with E-state index in [1.165, 1.54) is 35.5 Å². The van der Waals surface area contributed by atoms with E-state index in [2.05, 4.69) is 53.7 Å². The van der Waals surface area contributed by atoms with Crippen molar-refractivity contribution < 1.29 is 62.0 Å². The van der Waals surface area contributed by atoms with Crippen LogP contribution in [0.25, 0.3) is 36.5 Å². The molecule has 8 heterocycles. The quantitative estimate of drug-likeness (QED) is 0.0321. The standard InChI is InChI=1S/C71H80N8O13/c1-17-43-39(8)68(84)78-55(43)30-51-37(6)47(21-25-64(82)91-15)59(74-51)32-57-45(19-23-62(80)89-13)35(4)49(72-57)28-53-41(10)66(70(86)76-53)34(3)27-61(88-12)67-42(11)54(77-71(67)87)29-50-36(5)46(20-24-63(81)90-14)58(73-50)33-60-48(22-26-65(83)92-16)38(7)52(75-60)31-56-44(18-2)40(9)69(85)79-56/h17-18,28-34,61,72-75H,1-2,19-27H2,3-16H3,(H,78,84)(H,79,85)/b49-28-,50-29+,55-30-,56-31-,57-32-,58-33-/t34-,61+/m1/s1. The molecule has 92 heavy (non-hydrogen) atoms. The first-order valence-electron chi connectivity index (χ1n) is 30.3. The highest BCUT2D eigenvalue weighted by Gasteiger charge is 2.35. The summed E-state index contributed by atoms with van der Waals surface area (Å²) in [5.74, 6) is -3.39. The normalized spacial score (nSPS) is 17.5. The SMILES string of the molecule is C=CC1=C(C)C(=O)N/C1=C\c1[nH]c(/C=c2\[nH]/c(=C\C3=NC(=O)C([C@H](C)C[C@H](OC)C4=C(C)C(/C=c5/[nH]/c(=C\c6[nH]c(/C=C7\NC(=O)C(C)=C7C=C)c(C)c6CCC(=O)OC)c(CCC(=O)OC)c5C)=NC4=O)=C3C)c(C)c2CCC(=O)OC)c(CCC(=O)OC)c1C. The van der Waals surface area contributed by atoms with Crippen LogP contribution in [0, 0.1) is 33.6 Å². The number of H-pyrrole nitrogens is 4. The van der Waals surface area contributed by atoms with Crippen LogP contribution in [0.1, 0.15) is 134 Å². The molecule has 8 rings (SSSR count). The van der Waals surface area contributed by atoms with E-state index < -0.39 is 35.8 Å². The van der Waals surface area contributed by atoms with Gasteiger partial charge in [0.1, 0.15) is 0 Å². The van der Waals surface area contributed by atoms with E-state index in [-0.39, 0.29) is 55.9 Å². The molecule has 4 aromatic heterocycles. The van der Waals surface area contributed by atoms with E-state index in [1.807, 2.05) is 71.9 Å². The predicted octanol–water partition coefficient (Wildman–Crippen LogP) is 6.16. The highest BCUT2D eigenvalue weighted by atomic mass is 16.5. The second kappa shape index (κ2) is 28.9. The number of nitrogens with one attached hydrogen (secondary N) is 6. The van der Waals surface area contributed by atoms with Crippen LogP contribution in [-0.2, 0) is 87.7 Å². The van der Waals surface area contributed by atoms with Crippen LogP contribution in [-0.4, -0.2) is 121 Å². The molecule has 482 valence electrons.